The number of nitrogens with one attached hydrogen (secondary N) is 1. The number of anilines is 1. The molecule has 162 valence electrons. The lowest BCUT2D eigenvalue weighted by Crippen LogP contribution is -2.29. The molecule has 0 radical (unpaired) electrons. The predicted molar refractivity (Wildman–Crippen MR) is 116 cm³/mol. The highest BCUT2D eigenvalue weighted by molar-refractivity contribution is 7.15. The second-order valence-electron chi connectivity index (χ2n) is 6.91. The van der Waals surface area contributed by atoms with Crippen LogP contribution in [0.1, 0.15) is 48.9 Å². The van der Waals surface area contributed by atoms with Crippen LogP contribution in [0.2, 0.25) is 0 Å². The number of Topliss-reactive ketones (excluding diaryl/α,β-unsaturated/α-hetero) is 1. The van der Waals surface area contributed by atoms with Crippen LogP contribution in [0.15, 0.2) is 48.5 Å². The first kappa shape index (κ1) is 21.3. The maximum absolute atomic E-state index is 12.5. The van der Waals surface area contributed by atoms with Gasteiger partial charge >= 0.3 is 0 Å². The molecule has 1 N–H and O–H groups in total. The number of fused-ring (bicyclic) bond motifs is 1. The summed E-state index contributed by atoms with van der Waals surface area (Å²) < 4.78 is 5.17. The third-order valence-electron chi connectivity index (χ3n) is 4.87. The van der Waals surface area contributed by atoms with Crippen LogP contribution >= 0.6 is 11.3 Å². The normalized spacial score (nSPS) is 12.6. The van der Waals surface area contributed by atoms with Crippen LogP contribution in [0.3, 0.4) is 0 Å². The first-order valence-corrected chi connectivity index (χ1v) is 10.5. The summed E-state index contributed by atoms with van der Waals surface area (Å²) in [6, 6.07) is 13.4. The molecule has 0 fully saturated rings. The zero-order valence-corrected chi connectivity index (χ0v) is 17.8. The molecule has 0 saturated carbocycles. The molecule has 32 heavy (non-hydrogen) atoms. The molecule has 0 bridgehead atoms. The van der Waals surface area contributed by atoms with Gasteiger partial charge in [-0.2, -0.15) is 0 Å². The van der Waals surface area contributed by atoms with Crippen LogP contribution in [0.4, 0.5) is 5.13 Å². The molecule has 1 aromatic heterocycles. The highest BCUT2D eigenvalue weighted by Crippen LogP contribution is 2.26. The van der Waals surface area contributed by atoms with E-state index in [0.717, 1.165) is 16.2 Å². The van der Waals surface area contributed by atoms with E-state index < -0.39 is 5.91 Å². The average Bonchev–Trinajstić information content (AvgIpc) is 3.35. The second-order valence-corrected chi connectivity index (χ2v) is 7.98. The molecule has 1 aliphatic heterocycles. The number of carbonyl (C=O) groups excluding carboxylic acids is 4. The molecule has 0 saturated heterocycles. The minimum absolute atomic E-state index is 0.00685. The highest BCUT2D eigenvalue weighted by atomic mass is 32.1. The van der Waals surface area contributed by atoms with Gasteiger partial charge in [-0.25, -0.2) is 0 Å². The van der Waals surface area contributed by atoms with Gasteiger partial charge in [0.25, 0.3) is 11.8 Å². The molecule has 10 heteroatoms. The van der Waals surface area contributed by atoms with Crippen LogP contribution in [0, 0.1) is 0 Å². The summed E-state index contributed by atoms with van der Waals surface area (Å²) in [6.45, 7) is -0.0355. The molecular formula is C22H18N4O5S. The number of ether oxygens (including phenoxy) is 1. The Morgan fingerprint density at radius 1 is 0.969 bits per heavy atom. The number of hydrogen-bond acceptors (Lipinski definition) is 8. The van der Waals surface area contributed by atoms with Gasteiger partial charge in [0.05, 0.1) is 30.3 Å². The van der Waals surface area contributed by atoms with Crippen LogP contribution in [0.25, 0.3) is 0 Å². The Balaban J connectivity index is 1.33. The summed E-state index contributed by atoms with van der Waals surface area (Å²) in [4.78, 5) is 50.6. The number of aromatic nitrogens is 2. The maximum Gasteiger partial charge on any atom is 0.261 e. The first-order valence-electron chi connectivity index (χ1n) is 9.71. The molecule has 1 aliphatic rings. The Kier molecular flexibility index (Phi) is 6.04. The third kappa shape index (κ3) is 4.26. The van der Waals surface area contributed by atoms with E-state index in [1.807, 2.05) is 0 Å². The Bertz CT molecular complexity index is 1190. The molecule has 3 amide bonds. The van der Waals surface area contributed by atoms with Gasteiger partial charge < -0.3 is 10.1 Å². The Morgan fingerprint density at radius 2 is 1.62 bits per heavy atom. The van der Waals surface area contributed by atoms with Gasteiger partial charge in [-0.15, -0.1) is 10.2 Å². The number of methoxy groups -OCH3 is 1. The molecule has 3 aromatic rings. The zero-order chi connectivity index (χ0) is 22.7. The summed E-state index contributed by atoms with van der Waals surface area (Å²) in [7, 11) is 1.48. The van der Waals surface area contributed by atoms with Crippen LogP contribution < -0.4 is 10.1 Å². The fourth-order valence-corrected chi connectivity index (χ4v) is 4.05. The molecule has 4 rings (SSSR count). The van der Waals surface area contributed by atoms with Crippen molar-refractivity contribution in [3.8, 4) is 5.75 Å². The molecule has 9 nitrogen and oxygen atoms in total. The number of carbonyl (C=O) groups is 4. The Labute approximate surface area is 187 Å². The topological polar surface area (TPSA) is 119 Å². The molecule has 0 atom stereocenters. The molecular weight excluding hydrogens is 432 g/mol. The fraction of sp³-hybridized carbons (Fsp3) is 0.182. The third-order valence-corrected chi connectivity index (χ3v) is 5.69. The van der Waals surface area contributed by atoms with E-state index in [0.29, 0.717) is 27.4 Å². The van der Waals surface area contributed by atoms with Gasteiger partial charge in [0, 0.05) is 12.8 Å². The number of amides is 3. The zero-order valence-electron chi connectivity index (χ0n) is 17.0. The highest BCUT2D eigenvalue weighted by Gasteiger charge is 2.35. The van der Waals surface area contributed by atoms with Crippen molar-refractivity contribution in [1.29, 1.82) is 0 Å². The van der Waals surface area contributed by atoms with E-state index in [2.05, 4.69) is 15.5 Å². The van der Waals surface area contributed by atoms with Gasteiger partial charge in [0.15, 0.2) is 5.78 Å². The minimum Gasteiger partial charge on any atom is -0.496 e. The molecule has 0 spiro atoms. The number of hydrogen-bond donors (Lipinski definition) is 1. The van der Waals surface area contributed by atoms with E-state index in [1.54, 1.807) is 48.5 Å². The van der Waals surface area contributed by atoms with Crippen molar-refractivity contribution >= 4 is 40.0 Å². The van der Waals surface area contributed by atoms with Crippen molar-refractivity contribution < 1.29 is 23.9 Å². The van der Waals surface area contributed by atoms with Crippen molar-refractivity contribution in [2.75, 3.05) is 12.4 Å². The molecule has 0 unspecified atom stereocenters. The smallest absolute Gasteiger partial charge is 0.261 e. The maximum atomic E-state index is 12.5. The van der Waals surface area contributed by atoms with Gasteiger partial charge in [-0.1, -0.05) is 35.6 Å². The number of rotatable bonds is 8. The van der Waals surface area contributed by atoms with Crippen LogP contribution in [-0.2, 0) is 11.3 Å². The number of ketones is 1. The molecule has 2 aromatic carbocycles. The van der Waals surface area contributed by atoms with Crippen molar-refractivity contribution in [3.63, 3.8) is 0 Å². The quantitative estimate of drug-likeness (QED) is 0.414. The Hall–Kier alpha value is -3.92. The average molecular weight is 450 g/mol. The summed E-state index contributed by atoms with van der Waals surface area (Å²) >= 11 is 1.06. The monoisotopic (exact) mass is 450 g/mol. The fourth-order valence-electron chi connectivity index (χ4n) is 3.30. The number of benzene rings is 2. The van der Waals surface area contributed by atoms with Crippen LogP contribution in [-0.4, -0.2) is 45.7 Å². The standard InChI is InChI=1S/C22H18N4O5S/c1-31-17-9-5-4-8-15(17)16(27)10-11-18(28)23-22-25-24-19(32-22)12-26-20(29)13-6-2-3-7-14(13)21(26)30/h2-9H,10-12H2,1H3,(H,23,25,28). The number of imide groups is 1. The minimum atomic E-state index is -0.392. The van der Waals surface area contributed by atoms with E-state index >= 15 is 0 Å². The lowest BCUT2D eigenvalue weighted by molar-refractivity contribution is -0.116. The molecule has 0 aliphatic carbocycles. The lowest BCUT2D eigenvalue weighted by Gasteiger charge is -2.10. The van der Waals surface area contributed by atoms with Gasteiger partial charge in [-0.05, 0) is 24.3 Å². The van der Waals surface area contributed by atoms with Crippen molar-refractivity contribution in [2.24, 2.45) is 0 Å². The van der Waals surface area contributed by atoms with Gasteiger partial charge in [-0.3, -0.25) is 24.1 Å². The van der Waals surface area contributed by atoms with E-state index in [1.165, 1.54) is 7.11 Å². The van der Waals surface area contributed by atoms with Crippen LogP contribution in [0.5, 0.6) is 5.75 Å². The molecule has 2 heterocycles. The summed E-state index contributed by atoms with van der Waals surface area (Å²) in [5.74, 6) is -0.917. The number of para-hydroxylation sites is 1. The summed E-state index contributed by atoms with van der Waals surface area (Å²) in [6.07, 6.45) is -0.0306. The Morgan fingerprint density at radius 3 is 2.31 bits per heavy atom. The predicted octanol–water partition coefficient (Wildman–Crippen LogP) is 2.94. The SMILES string of the molecule is COc1ccccc1C(=O)CCC(=O)Nc1nnc(CN2C(=O)c3ccccc3C2=O)s1. The van der Waals surface area contributed by atoms with Crippen molar-refractivity contribution in [2.45, 2.75) is 19.4 Å². The van der Waals surface area contributed by atoms with Gasteiger partial charge in [0.1, 0.15) is 10.8 Å². The van der Waals surface area contributed by atoms with E-state index in [4.69, 9.17) is 4.74 Å². The van der Waals surface area contributed by atoms with E-state index in [9.17, 15) is 19.2 Å². The van der Waals surface area contributed by atoms with Crippen molar-refractivity contribution in [1.82, 2.24) is 15.1 Å². The second kappa shape index (κ2) is 9.06. The summed E-state index contributed by atoms with van der Waals surface area (Å²) in [5, 5.41) is 11.1. The summed E-state index contributed by atoms with van der Waals surface area (Å²) in [5.41, 5.74) is 1.13. The lowest BCUT2D eigenvalue weighted by atomic mass is 10.1. The van der Waals surface area contributed by atoms with Gasteiger partial charge in [0.2, 0.25) is 11.0 Å². The number of nitrogens with zero attached hydrogens (tertiary/aromatic N) is 3. The van der Waals surface area contributed by atoms with E-state index in [-0.39, 0.29) is 42.1 Å². The largest absolute Gasteiger partial charge is 0.496 e. The van der Waals surface area contributed by atoms with Crippen molar-refractivity contribution in [3.05, 3.63) is 70.2 Å². The first-order chi connectivity index (χ1) is 15.5.